The minimum Gasteiger partial charge on any atom is -0.456 e. The van der Waals surface area contributed by atoms with Crippen molar-refractivity contribution in [2.24, 2.45) is 7.05 Å². The van der Waals surface area contributed by atoms with Gasteiger partial charge in [0.2, 0.25) is 0 Å². The molecular weight excluding hydrogens is 356 g/mol. The Bertz CT molecular complexity index is 1580. The summed E-state index contributed by atoms with van der Waals surface area (Å²) in [5, 5.41) is 4.77. The minimum atomic E-state index is 0.927. The van der Waals surface area contributed by atoms with Gasteiger partial charge in [0.15, 0.2) is 11.0 Å². The van der Waals surface area contributed by atoms with Crippen LogP contribution in [-0.4, -0.2) is 4.57 Å². The lowest BCUT2D eigenvalue weighted by atomic mass is 10.1. The molecule has 0 amide bonds. The van der Waals surface area contributed by atoms with Crippen LogP contribution in [0, 0.1) is 13.8 Å². The molecule has 0 unspecified atom stereocenters. The normalized spacial score (nSPS) is 12.0. The van der Waals surface area contributed by atoms with E-state index in [1.165, 1.54) is 38.8 Å². The molecule has 29 heavy (non-hydrogen) atoms. The molecule has 6 aromatic rings. The summed E-state index contributed by atoms with van der Waals surface area (Å²) in [6.45, 7) is 4.33. The summed E-state index contributed by atoms with van der Waals surface area (Å²) in [6.07, 6.45) is 0. The van der Waals surface area contributed by atoms with Gasteiger partial charge in [-0.05, 0) is 41.5 Å². The van der Waals surface area contributed by atoms with Gasteiger partial charge < -0.3 is 4.42 Å². The number of benzene rings is 4. The number of aryl methyl sites for hydroxylation is 2. The average molecular weight is 377 g/mol. The molecule has 0 aliphatic heterocycles. The summed E-state index contributed by atoms with van der Waals surface area (Å²) >= 11 is 0. The molecule has 3 nitrogen and oxygen atoms in total. The highest BCUT2D eigenvalue weighted by molar-refractivity contribution is 6.12. The molecule has 3 heteroatoms. The van der Waals surface area contributed by atoms with Crippen molar-refractivity contribution in [1.82, 2.24) is 4.57 Å². The second-order valence-corrected chi connectivity index (χ2v) is 7.86. The first-order valence-electron chi connectivity index (χ1n) is 9.94. The Hall–Kier alpha value is -3.59. The highest BCUT2D eigenvalue weighted by Gasteiger charge is 2.24. The van der Waals surface area contributed by atoms with E-state index in [1.54, 1.807) is 0 Å². The number of imidazole rings is 1. The maximum atomic E-state index is 6.32. The quantitative estimate of drug-likeness (QED) is 0.316. The molecule has 0 saturated carbocycles. The van der Waals surface area contributed by atoms with E-state index in [-0.39, 0.29) is 0 Å². The van der Waals surface area contributed by atoms with Gasteiger partial charge in [-0.25, -0.2) is 4.57 Å². The van der Waals surface area contributed by atoms with Gasteiger partial charge in [0.1, 0.15) is 16.9 Å². The monoisotopic (exact) mass is 377 g/mol. The third-order valence-electron chi connectivity index (χ3n) is 6.20. The van der Waals surface area contributed by atoms with Gasteiger partial charge in [-0.2, -0.15) is 4.57 Å². The number of furan rings is 1. The van der Waals surface area contributed by atoms with Gasteiger partial charge in [-0.1, -0.05) is 42.5 Å². The van der Waals surface area contributed by atoms with Crippen molar-refractivity contribution < 1.29 is 8.98 Å². The molecular formula is C26H21N2O+. The third kappa shape index (κ3) is 2.21. The second kappa shape index (κ2) is 5.71. The van der Waals surface area contributed by atoms with Gasteiger partial charge in [-0.3, -0.25) is 0 Å². The van der Waals surface area contributed by atoms with Gasteiger partial charge >= 0.3 is 0 Å². The molecule has 140 valence electrons. The van der Waals surface area contributed by atoms with Gasteiger partial charge in [0.25, 0.3) is 5.82 Å². The molecule has 0 aliphatic rings. The maximum absolute atomic E-state index is 6.32. The minimum absolute atomic E-state index is 0.927. The number of nitrogens with zero attached hydrogens (tertiary/aromatic N) is 2. The van der Waals surface area contributed by atoms with E-state index in [0.29, 0.717) is 0 Å². The predicted molar refractivity (Wildman–Crippen MR) is 119 cm³/mol. The van der Waals surface area contributed by atoms with Crippen molar-refractivity contribution in [3.8, 4) is 5.69 Å². The predicted octanol–water partition coefficient (Wildman–Crippen LogP) is 6.12. The zero-order chi connectivity index (χ0) is 19.7. The molecule has 0 spiro atoms. The number of para-hydroxylation sites is 1. The summed E-state index contributed by atoms with van der Waals surface area (Å²) < 4.78 is 10.9. The fraction of sp³-hybridized carbons (Fsp3) is 0.115. The Morgan fingerprint density at radius 3 is 2.21 bits per heavy atom. The van der Waals surface area contributed by atoms with Gasteiger partial charge in [-0.15, -0.1) is 0 Å². The topological polar surface area (TPSA) is 21.9 Å². The first kappa shape index (κ1) is 16.4. The summed E-state index contributed by atoms with van der Waals surface area (Å²) in [4.78, 5) is 0. The Morgan fingerprint density at radius 1 is 0.759 bits per heavy atom. The SMILES string of the molecule is Cc1ccccc1-n1c(C)[n+](C)c2cc3c(cc21)oc1cc2ccccc2cc13. The van der Waals surface area contributed by atoms with Crippen molar-refractivity contribution in [1.29, 1.82) is 0 Å². The third-order valence-corrected chi connectivity index (χ3v) is 6.20. The summed E-state index contributed by atoms with van der Waals surface area (Å²) in [5.74, 6) is 1.19. The second-order valence-electron chi connectivity index (χ2n) is 7.86. The van der Waals surface area contributed by atoms with Crippen molar-refractivity contribution >= 4 is 43.7 Å². The lowest BCUT2D eigenvalue weighted by Crippen LogP contribution is -2.30. The van der Waals surface area contributed by atoms with E-state index in [1.807, 2.05) is 0 Å². The van der Waals surface area contributed by atoms with Crippen LogP contribution in [0.1, 0.15) is 11.4 Å². The molecule has 0 atom stereocenters. The Morgan fingerprint density at radius 2 is 1.41 bits per heavy atom. The molecule has 2 aromatic heterocycles. The fourth-order valence-corrected chi connectivity index (χ4v) is 4.55. The highest BCUT2D eigenvalue weighted by atomic mass is 16.3. The summed E-state index contributed by atoms with van der Waals surface area (Å²) in [7, 11) is 2.13. The van der Waals surface area contributed by atoms with Gasteiger partial charge in [0, 0.05) is 29.8 Å². The lowest BCUT2D eigenvalue weighted by molar-refractivity contribution is -0.652. The van der Waals surface area contributed by atoms with E-state index in [0.717, 1.165) is 22.1 Å². The van der Waals surface area contributed by atoms with Crippen molar-refractivity contribution in [3.05, 3.63) is 84.2 Å². The number of aromatic nitrogens is 2. The van der Waals surface area contributed by atoms with E-state index < -0.39 is 0 Å². The smallest absolute Gasteiger partial charge is 0.259 e. The van der Waals surface area contributed by atoms with Gasteiger partial charge in [0.05, 0.1) is 7.05 Å². The first-order valence-corrected chi connectivity index (χ1v) is 9.94. The largest absolute Gasteiger partial charge is 0.456 e. The number of fused-ring (bicyclic) bond motifs is 5. The number of hydrogen-bond donors (Lipinski definition) is 0. The van der Waals surface area contributed by atoms with Crippen molar-refractivity contribution in [3.63, 3.8) is 0 Å². The standard InChI is InChI=1S/C26H21N2O/c1-16-8-4-7-11-22(16)28-17(2)27(3)23-14-21-20-12-18-9-5-6-10-19(18)13-25(20)29-26(21)15-24(23)28/h4-15H,1-3H3/q+1. The molecule has 6 rings (SSSR count). The van der Waals surface area contributed by atoms with E-state index in [4.69, 9.17) is 4.42 Å². The molecule has 4 aromatic carbocycles. The number of hydrogen-bond acceptors (Lipinski definition) is 1. The van der Waals surface area contributed by atoms with E-state index in [2.05, 4.69) is 103 Å². The zero-order valence-electron chi connectivity index (χ0n) is 16.7. The fourth-order valence-electron chi connectivity index (χ4n) is 4.55. The highest BCUT2D eigenvalue weighted by Crippen LogP contribution is 2.35. The molecule has 0 aliphatic carbocycles. The van der Waals surface area contributed by atoms with E-state index >= 15 is 0 Å². The average Bonchev–Trinajstić information content (AvgIpc) is 3.19. The molecule has 0 saturated heterocycles. The maximum Gasteiger partial charge on any atom is 0.259 e. The first-order chi connectivity index (χ1) is 14.1. The van der Waals surface area contributed by atoms with E-state index in [9.17, 15) is 0 Å². The van der Waals surface area contributed by atoms with Crippen LogP contribution in [0.5, 0.6) is 0 Å². The summed E-state index contributed by atoms with van der Waals surface area (Å²) in [6, 6.07) is 25.8. The Kier molecular flexibility index (Phi) is 3.22. The Balaban J connectivity index is 1.74. The van der Waals surface area contributed by atoms with Crippen LogP contribution in [0.4, 0.5) is 0 Å². The van der Waals surface area contributed by atoms with Crippen LogP contribution in [0.2, 0.25) is 0 Å². The molecule has 0 fully saturated rings. The number of rotatable bonds is 1. The van der Waals surface area contributed by atoms with Crippen LogP contribution < -0.4 is 4.57 Å². The lowest BCUT2D eigenvalue weighted by Gasteiger charge is -2.03. The zero-order valence-corrected chi connectivity index (χ0v) is 16.7. The van der Waals surface area contributed by atoms with Crippen molar-refractivity contribution in [2.75, 3.05) is 0 Å². The van der Waals surface area contributed by atoms with Crippen LogP contribution in [-0.2, 0) is 7.05 Å². The molecule has 0 radical (unpaired) electrons. The van der Waals surface area contributed by atoms with Crippen LogP contribution in [0.3, 0.4) is 0 Å². The summed E-state index contributed by atoms with van der Waals surface area (Å²) in [5.41, 5.74) is 6.69. The van der Waals surface area contributed by atoms with Crippen molar-refractivity contribution in [2.45, 2.75) is 13.8 Å². The van der Waals surface area contributed by atoms with Crippen LogP contribution >= 0.6 is 0 Å². The van der Waals surface area contributed by atoms with Crippen LogP contribution in [0.15, 0.2) is 77.2 Å². The molecule has 2 heterocycles. The molecule has 0 N–H and O–H groups in total. The molecule has 0 bridgehead atoms. The Labute approximate surface area is 168 Å². The van der Waals surface area contributed by atoms with Crippen LogP contribution in [0.25, 0.3) is 49.4 Å².